The number of aliphatic hydroxyl groups is 1. The van der Waals surface area contributed by atoms with Crippen LogP contribution in [0.2, 0.25) is 0 Å². The molecule has 0 atom stereocenters. The summed E-state index contributed by atoms with van der Waals surface area (Å²) >= 11 is 0. The SMILES string of the molecule is CCC(CC)N(CCO)c1ccc(N)c(C#N)n1. The average Bonchev–Trinajstić information content (AvgIpc) is 2.40. The first kappa shape index (κ1) is 14.3. The third-order valence-electron chi connectivity index (χ3n) is 3.04. The maximum Gasteiger partial charge on any atom is 0.165 e. The summed E-state index contributed by atoms with van der Waals surface area (Å²) in [5.41, 5.74) is 6.28. The van der Waals surface area contributed by atoms with Gasteiger partial charge in [-0.1, -0.05) is 13.8 Å². The molecule has 0 fully saturated rings. The van der Waals surface area contributed by atoms with Gasteiger partial charge in [0.1, 0.15) is 11.9 Å². The van der Waals surface area contributed by atoms with Crippen LogP contribution in [0.25, 0.3) is 0 Å². The number of rotatable bonds is 6. The first-order chi connectivity index (χ1) is 8.67. The van der Waals surface area contributed by atoms with Crippen molar-refractivity contribution in [3.8, 4) is 6.07 Å². The molecule has 0 saturated heterocycles. The van der Waals surface area contributed by atoms with Crippen LogP contribution in [0.15, 0.2) is 12.1 Å². The van der Waals surface area contributed by atoms with Crippen molar-refractivity contribution in [1.82, 2.24) is 4.98 Å². The topological polar surface area (TPSA) is 86.2 Å². The van der Waals surface area contributed by atoms with Gasteiger partial charge in [-0.2, -0.15) is 5.26 Å². The molecule has 0 saturated carbocycles. The minimum Gasteiger partial charge on any atom is -0.396 e. The van der Waals surface area contributed by atoms with Crippen LogP contribution in [-0.4, -0.2) is 29.3 Å². The maximum absolute atomic E-state index is 9.16. The Balaban J connectivity index is 3.09. The summed E-state index contributed by atoms with van der Waals surface area (Å²) in [5, 5.41) is 18.1. The molecule has 0 amide bonds. The summed E-state index contributed by atoms with van der Waals surface area (Å²) in [4.78, 5) is 6.28. The number of nitriles is 1. The zero-order valence-corrected chi connectivity index (χ0v) is 10.9. The highest BCUT2D eigenvalue weighted by atomic mass is 16.3. The second-order valence-electron chi connectivity index (χ2n) is 4.11. The molecule has 98 valence electrons. The maximum atomic E-state index is 9.16. The van der Waals surface area contributed by atoms with E-state index in [4.69, 9.17) is 16.1 Å². The first-order valence-corrected chi connectivity index (χ1v) is 6.22. The summed E-state index contributed by atoms with van der Waals surface area (Å²) in [6, 6.07) is 5.77. The Kier molecular flexibility index (Phi) is 5.40. The van der Waals surface area contributed by atoms with Crippen molar-refractivity contribution in [1.29, 1.82) is 5.26 Å². The van der Waals surface area contributed by atoms with E-state index in [-0.39, 0.29) is 12.3 Å². The van der Waals surface area contributed by atoms with Gasteiger partial charge in [-0.15, -0.1) is 0 Å². The summed E-state index contributed by atoms with van der Waals surface area (Å²) in [7, 11) is 0. The molecule has 1 heterocycles. The molecule has 0 aliphatic heterocycles. The fourth-order valence-electron chi connectivity index (χ4n) is 2.03. The van der Waals surface area contributed by atoms with Gasteiger partial charge in [0.15, 0.2) is 5.69 Å². The van der Waals surface area contributed by atoms with Crippen LogP contribution in [-0.2, 0) is 0 Å². The van der Waals surface area contributed by atoms with Crippen LogP contribution >= 0.6 is 0 Å². The largest absolute Gasteiger partial charge is 0.396 e. The number of pyridine rings is 1. The van der Waals surface area contributed by atoms with Crippen LogP contribution in [0, 0.1) is 11.3 Å². The Morgan fingerprint density at radius 2 is 2.11 bits per heavy atom. The molecule has 0 aliphatic rings. The highest BCUT2D eigenvalue weighted by Crippen LogP contribution is 2.20. The monoisotopic (exact) mass is 248 g/mol. The molecule has 0 radical (unpaired) electrons. The van der Waals surface area contributed by atoms with Crippen molar-refractivity contribution >= 4 is 11.5 Å². The predicted octanol–water partition coefficient (Wildman–Crippen LogP) is 1.52. The van der Waals surface area contributed by atoms with Gasteiger partial charge in [0.2, 0.25) is 0 Å². The van der Waals surface area contributed by atoms with Crippen LogP contribution < -0.4 is 10.6 Å². The minimum absolute atomic E-state index is 0.0600. The minimum atomic E-state index is 0.0600. The second kappa shape index (κ2) is 6.82. The van der Waals surface area contributed by atoms with E-state index in [1.165, 1.54) is 0 Å². The van der Waals surface area contributed by atoms with E-state index in [1.807, 2.05) is 11.0 Å². The molecule has 1 aromatic heterocycles. The molecule has 0 unspecified atom stereocenters. The highest BCUT2D eigenvalue weighted by molar-refractivity contribution is 5.55. The first-order valence-electron chi connectivity index (χ1n) is 6.22. The van der Waals surface area contributed by atoms with Crippen molar-refractivity contribution in [3.63, 3.8) is 0 Å². The number of nitrogen functional groups attached to an aromatic ring is 1. The fourth-order valence-corrected chi connectivity index (χ4v) is 2.03. The van der Waals surface area contributed by atoms with Gasteiger partial charge < -0.3 is 15.7 Å². The third-order valence-corrected chi connectivity index (χ3v) is 3.04. The molecule has 5 heteroatoms. The van der Waals surface area contributed by atoms with Crippen molar-refractivity contribution in [2.75, 3.05) is 23.8 Å². The molecule has 1 rings (SSSR count). The van der Waals surface area contributed by atoms with Gasteiger partial charge in [0, 0.05) is 12.6 Å². The van der Waals surface area contributed by atoms with Crippen LogP contribution in [0.3, 0.4) is 0 Å². The number of anilines is 2. The average molecular weight is 248 g/mol. The number of aromatic nitrogens is 1. The molecule has 0 aromatic carbocycles. The normalized spacial score (nSPS) is 10.4. The quantitative estimate of drug-likeness (QED) is 0.797. The zero-order valence-electron chi connectivity index (χ0n) is 10.9. The molecule has 0 aliphatic carbocycles. The van der Waals surface area contributed by atoms with Crippen molar-refractivity contribution in [3.05, 3.63) is 17.8 Å². The van der Waals surface area contributed by atoms with Gasteiger partial charge >= 0.3 is 0 Å². The summed E-state index contributed by atoms with van der Waals surface area (Å²) in [5.74, 6) is 0.698. The molecular formula is C13H20N4O. The predicted molar refractivity (Wildman–Crippen MR) is 72.2 cm³/mol. The Morgan fingerprint density at radius 1 is 1.44 bits per heavy atom. The zero-order chi connectivity index (χ0) is 13.5. The van der Waals surface area contributed by atoms with Gasteiger partial charge in [0.25, 0.3) is 0 Å². The Labute approximate surface area is 108 Å². The van der Waals surface area contributed by atoms with E-state index < -0.39 is 0 Å². The highest BCUT2D eigenvalue weighted by Gasteiger charge is 2.17. The summed E-state index contributed by atoms with van der Waals surface area (Å²) in [6.45, 7) is 4.76. The van der Waals surface area contributed by atoms with E-state index in [0.717, 1.165) is 12.8 Å². The van der Waals surface area contributed by atoms with E-state index in [9.17, 15) is 0 Å². The fraction of sp³-hybridized carbons (Fsp3) is 0.538. The lowest BCUT2D eigenvalue weighted by Crippen LogP contribution is -2.37. The molecular weight excluding hydrogens is 228 g/mol. The molecule has 18 heavy (non-hydrogen) atoms. The standard InChI is InChI=1S/C13H20N4O/c1-3-10(4-2)17(7-8-18)13-6-5-11(15)12(9-14)16-13/h5-6,10,18H,3-4,7-8,15H2,1-2H3. The lowest BCUT2D eigenvalue weighted by atomic mass is 10.1. The smallest absolute Gasteiger partial charge is 0.165 e. The van der Waals surface area contributed by atoms with Gasteiger partial charge in [-0.3, -0.25) is 0 Å². The van der Waals surface area contributed by atoms with E-state index in [1.54, 1.807) is 12.1 Å². The van der Waals surface area contributed by atoms with E-state index in [0.29, 0.717) is 24.1 Å². The summed E-state index contributed by atoms with van der Waals surface area (Å²) in [6.07, 6.45) is 1.93. The van der Waals surface area contributed by atoms with Crippen LogP contribution in [0.1, 0.15) is 32.4 Å². The van der Waals surface area contributed by atoms with E-state index in [2.05, 4.69) is 18.8 Å². The number of aliphatic hydroxyl groups excluding tert-OH is 1. The summed E-state index contributed by atoms with van der Waals surface area (Å²) < 4.78 is 0. The van der Waals surface area contributed by atoms with Crippen molar-refractivity contribution in [2.24, 2.45) is 0 Å². The molecule has 0 bridgehead atoms. The van der Waals surface area contributed by atoms with Gasteiger partial charge in [0.05, 0.1) is 12.3 Å². The number of hydrogen-bond acceptors (Lipinski definition) is 5. The molecule has 3 N–H and O–H groups in total. The van der Waals surface area contributed by atoms with Gasteiger partial charge in [-0.25, -0.2) is 4.98 Å². The van der Waals surface area contributed by atoms with Crippen molar-refractivity contribution in [2.45, 2.75) is 32.7 Å². The molecule has 1 aromatic rings. The van der Waals surface area contributed by atoms with E-state index >= 15 is 0 Å². The lowest BCUT2D eigenvalue weighted by Gasteiger charge is -2.31. The lowest BCUT2D eigenvalue weighted by molar-refractivity contribution is 0.295. The second-order valence-corrected chi connectivity index (χ2v) is 4.11. The number of hydrogen-bond donors (Lipinski definition) is 2. The Hall–Kier alpha value is -1.80. The third kappa shape index (κ3) is 3.11. The van der Waals surface area contributed by atoms with Gasteiger partial charge in [-0.05, 0) is 25.0 Å². The Morgan fingerprint density at radius 3 is 2.61 bits per heavy atom. The van der Waals surface area contributed by atoms with Crippen molar-refractivity contribution < 1.29 is 5.11 Å². The molecule has 0 spiro atoms. The van der Waals surface area contributed by atoms with Crippen LogP contribution in [0.4, 0.5) is 11.5 Å². The molecule has 5 nitrogen and oxygen atoms in total. The number of nitrogens with zero attached hydrogens (tertiary/aromatic N) is 3. The van der Waals surface area contributed by atoms with Crippen LogP contribution in [0.5, 0.6) is 0 Å². The number of nitrogens with two attached hydrogens (primary N) is 1. The Bertz CT molecular complexity index is 423.